The average Bonchev–Trinajstić information content (AvgIpc) is 3.03. The summed E-state index contributed by atoms with van der Waals surface area (Å²) in [6.07, 6.45) is 3.54. The van der Waals surface area contributed by atoms with Crippen LogP contribution in [0.1, 0.15) is 17.5 Å². The van der Waals surface area contributed by atoms with Gasteiger partial charge in [-0.05, 0) is 42.3 Å². The molecule has 0 radical (unpaired) electrons. The second-order valence-electron chi connectivity index (χ2n) is 6.98. The molecule has 1 unspecified atom stereocenters. The maximum atomic E-state index is 12.6. The number of rotatable bonds is 4. The number of amides is 2. The van der Waals surface area contributed by atoms with Crippen LogP contribution < -0.4 is 10.9 Å². The Balaban J connectivity index is 1.46. The third-order valence-corrected chi connectivity index (χ3v) is 4.93. The highest BCUT2D eigenvalue weighted by Crippen LogP contribution is 2.24. The fraction of sp³-hybridized carbons (Fsp3) is 0.238. The lowest BCUT2D eigenvalue weighted by molar-refractivity contribution is -0.128. The first-order valence-electron chi connectivity index (χ1n) is 9.01. The van der Waals surface area contributed by atoms with Crippen LogP contribution in [0, 0.1) is 12.8 Å². The van der Waals surface area contributed by atoms with Crippen molar-refractivity contribution in [1.29, 1.82) is 0 Å². The van der Waals surface area contributed by atoms with Gasteiger partial charge in [-0.3, -0.25) is 14.6 Å². The SMILES string of the molecule is Cc1cc(=O)oc2cc(NC(=O)C3CC(=O)N(Cc4ccncc4)C3)ccc12. The molecule has 142 valence electrons. The molecule has 2 aromatic heterocycles. The predicted molar refractivity (Wildman–Crippen MR) is 104 cm³/mol. The van der Waals surface area contributed by atoms with Crippen molar-refractivity contribution in [1.82, 2.24) is 9.88 Å². The lowest BCUT2D eigenvalue weighted by atomic mass is 10.1. The topological polar surface area (TPSA) is 92.5 Å². The first-order chi connectivity index (χ1) is 13.5. The largest absolute Gasteiger partial charge is 0.423 e. The zero-order valence-electron chi connectivity index (χ0n) is 15.3. The van der Waals surface area contributed by atoms with E-state index >= 15 is 0 Å². The van der Waals surface area contributed by atoms with Gasteiger partial charge >= 0.3 is 5.63 Å². The molecular formula is C21H19N3O4. The van der Waals surface area contributed by atoms with Crippen molar-refractivity contribution in [3.8, 4) is 0 Å². The Kier molecular flexibility index (Phi) is 4.65. The molecule has 1 aromatic carbocycles. The van der Waals surface area contributed by atoms with Gasteiger partial charge in [-0.1, -0.05) is 0 Å². The van der Waals surface area contributed by atoms with E-state index in [1.54, 1.807) is 35.5 Å². The van der Waals surface area contributed by atoms with Gasteiger partial charge in [0, 0.05) is 55.1 Å². The van der Waals surface area contributed by atoms with E-state index in [-0.39, 0.29) is 18.2 Å². The molecule has 7 heteroatoms. The number of nitrogens with one attached hydrogen (secondary N) is 1. The van der Waals surface area contributed by atoms with Crippen molar-refractivity contribution >= 4 is 28.5 Å². The van der Waals surface area contributed by atoms with Gasteiger partial charge < -0.3 is 14.6 Å². The van der Waals surface area contributed by atoms with Gasteiger partial charge in [-0.15, -0.1) is 0 Å². The molecule has 4 rings (SSSR count). The van der Waals surface area contributed by atoms with E-state index in [0.717, 1.165) is 16.5 Å². The normalized spacial score (nSPS) is 16.5. The highest BCUT2D eigenvalue weighted by Gasteiger charge is 2.34. The molecule has 1 fully saturated rings. The van der Waals surface area contributed by atoms with Crippen molar-refractivity contribution in [2.24, 2.45) is 5.92 Å². The number of aromatic nitrogens is 1. The van der Waals surface area contributed by atoms with E-state index in [1.165, 1.54) is 6.07 Å². The van der Waals surface area contributed by atoms with Gasteiger partial charge in [-0.25, -0.2) is 4.79 Å². The monoisotopic (exact) mass is 377 g/mol. The molecule has 1 aliphatic heterocycles. The minimum atomic E-state index is -0.429. The van der Waals surface area contributed by atoms with E-state index < -0.39 is 11.5 Å². The zero-order chi connectivity index (χ0) is 19.7. The number of pyridine rings is 1. The van der Waals surface area contributed by atoms with E-state index in [0.29, 0.717) is 24.4 Å². The second-order valence-corrected chi connectivity index (χ2v) is 6.98. The Morgan fingerprint density at radius 3 is 2.79 bits per heavy atom. The summed E-state index contributed by atoms with van der Waals surface area (Å²) >= 11 is 0. The number of nitrogens with zero attached hydrogens (tertiary/aromatic N) is 2. The fourth-order valence-electron chi connectivity index (χ4n) is 3.46. The Morgan fingerprint density at radius 2 is 2.00 bits per heavy atom. The zero-order valence-corrected chi connectivity index (χ0v) is 15.3. The molecule has 3 heterocycles. The Hall–Kier alpha value is -3.48. The Labute approximate surface area is 161 Å². The molecule has 0 bridgehead atoms. The van der Waals surface area contributed by atoms with Gasteiger partial charge in [0.15, 0.2) is 0 Å². The van der Waals surface area contributed by atoms with Crippen LogP contribution >= 0.6 is 0 Å². The molecule has 2 amide bonds. The quantitative estimate of drug-likeness (QED) is 0.705. The van der Waals surface area contributed by atoms with Gasteiger partial charge in [0.1, 0.15) is 5.58 Å². The summed E-state index contributed by atoms with van der Waals surface area (Å²) in [5, 5.41) is 3.65. The molecular weight excluding hydrogens is 358 g/mol. The van der Waals surface area contributed by atoms with Gasteiger partial charge in [-0.2, -0.15) is 0 Å². The lowest BCUT2D eigenvalue weighted by Gasteiger charge is -2.16. The standard InChI is InChI=1S/C21H19N3O4/c1-13-8-20(26)28-18-10-16(2-3-17(13)18)23-21(27)15-9-19(25)24(12-15)11-14-4-6-22-7-5-14/h2-8,10,15H,9,11-12H2,1H3,(H,23,27). The summed E-state index contributed by atoms with van der Waals surface area (Å²) in [5.41, 5.74) is 2.32. The molecule has 28 heavy (non-hydrogen) atoms. The first-order valence-corrected chi connectivity index (χ1v) is 9.01. The van der Waals surface area contributed by atoms with Gasteiger partial charge in [0.2, 0.25) is 11.8 Å². The van der Waals surface area contributed by atoms with Crippen molar-refractivity contribution in [2.45, 2.75) is 19.9 Å². The highest BCUT2D eigenvalue weighted by atomic mass is 16.4. The van der Waals surface area contributed by atoms with Crippen LogP contribution in [0.2, 0.25) is 0 Å². The van der Waals surface area contributed by atoms with Crippen LogP contribution in [0.25, 0.3) is 11.0 Å². The summed E-state index contributed by atoms with van der Waals surface area (Å²) in [6.45, 7) is 2.67. The van der Waals surface area contributed by atoms with Crippen LogP contribution in [-0.4, -0.2) is 28.2 Å². The number of carbonyl (C=O) groups is 2. The molecule has 0 aliphatic carbocycles. The summed E-state index contributed by atoms with van der Waals surface area (Å²) in [4.78, 5) is 42.1. The maximum Gasteiger partial charge on any atom is 0.336 e. The second kappa shape index (κ2) is 7.26. The van der Waals surface area contributed by atoms with E-state index in [4.69, 9.17) is 4.42 Å². The van der Waals surface area contributed by atoms with Crippen LogP contribution in [0.5, 0.6) is 0 Å². The number of benzene rings is 1. The van der Waals surface area contributed by atoms with Gasteiger partial charge in [0.25, 0.3) is 0 Å². The van der Waals surface area contributed by atoms with Crippen LogP contribution in [0.15, 0.2) is 58.0 Å². The van der Waals surface area contributed by atoms with Crippen molar-refractivity contribution < 1.29 is 14.0 Å². The maximum absolute atomic E-state index is 12.6. The van der Waals surface area contributed by atoms with Crippen LogP contribution in [-0.2, 0) is 16.1 Å². The average molecular weight is 377 g/mol. The third kappa shape index (κ3) is 3.64. The highest BCUT2D eigenvalue weighted by molar-refractivity contribution is 5.98. The number of hydrogen-bond donors (Lipinski definition) is 1. The minimum Gasteiger partial charge on any atom is -0.423 e. The third-order valence-electron chi connectivity index (χ3n) is 4.93. The number of fused-ring (bicyclic) bond motifs is 1. The Bertz CT molecular complexity index is 1110. The number of anilines is 1. The fourth-order valence-corrected chi connectivity index (χ4v) is 3.46. The lowest BCUT2D eigenvalue weighted by Crippen LogP contribution is -2.28. The molecule has 1 N–H and O–H groups in total. The summed E-state index contributed by atoms with van der Waals surface area (Å²) < 4.78 is 5.22. The molecule has 3 aromatic rings. The van der Waals surface area contributed by atoms with Crippen LogP contribution in [0.4, 0.5) is 5.69 Å². The van der Waals surface area contributed by atoms with E-state index in [1.807, 2.05) is 19.1 Å². The van der Waals surface area contributed by atoms with Crippen molar-refractivity contribution in [3.05, 3.63) is 70.3 Å². The first kappa shape index (κ1) is 17.9. The molecule has 7 nitrogen and oxygen atoms in total. The predicted octanol–water partition coefficient (Wildman–Crippen LogP) is 2.48. The minimum absolute atomic E-state index is 0.0444. The smallest absolute Gasteiger partial charge is 0.336 e. The summed E-state index contributed by atoms with van der Waals surface area (Å²) in [6, 6.07) is 10.3. The van der Waals surface area contributed by atoms with E-state index in [2.05, 4.69) is 10.3 Å². The Morgan fingerprint density at radius 1 is 1.21 bits per heavy atom. The number of hydrogen-bond acceptors (Lipinski definition) is 5. The number of likely N-dealkylation sites (tertiary alicyclic amines) is 1. The van der Waals surface area contributed by atoms with Crippen molar-refractivity contribution in [3.63, 3.8) is 0 Å². The van der Waals surface area contributed by atoms with E-state index in [9.17, 15) is 14.4 Å². The molecule has 1 saturated heterocycles. The number of carbonyl (C=O) groups excluding carboxylic acids is 2. The molecule has 1 atom stereocenters. The molecule has 0 spiro atoms. The molecule has 0 saturated carbocycles. The summed E-state index contributed by atoms with van der Waals surface area (Å²) in [5.74, 6) is -0.688. The summed E-state index contributed by atoms with van der Waals surface area (Å²) in [7, 11) is 0. The van der Waals surface area contributed by atoms with Gasteiger partial charge in [0.05, 0.1) is 5.92 Å². The number of aryl methyl sites for hydroxylation is 1. The van der Waals surface area contributed by atoms with Crippen LogP contribution in [0.3, 0.4) is 0 Å². The van der Waals surface area contributed by atoms with Crippen molar-refractivity contribution in [2.75, 3.05) is 11.9 Å². The molecule has 1 aliphatic rings.